The van der Waals surface area contributed by atoms with Crippen molar-refractivity contribution in [1.29, 1.82) is 0 Å². The molecule has 0 spiro atoms. The van der Waals surface area contributed by atoms with Crippen molar-refractivity contribution in [1.82, 2.24) is 0 Å². The highest BCUT2D eigenvalue weighted by Gasteiger charge is 1.93. The summed E-state index contributed by atoms with van der Waals surface area (Å²) in [4.78, 5) is 1.21. The van der Waals surface area contributed by atoms with Gasteiger partial charge in [0.15, 0.2) is 0 Å². The van der Waals surface area contributed by atoms with Crippen molar-refractivity contribution in [2.45, 2.75) is 4.90 Å². The van der Waals surface area contributed by atoms with Gasteiger partial charge in [-0.05, 0) is 17.0 Å². The maximum atomic E-state index is 3.73. The zero-order valence-electron chi connectivity index (χ0n) is 6.29. The lowest BCUT2D eigenvalue weighted by Gasteiger charge is -1.99. The lowest BCUT2D eigenvalue weighted by atomic mass is 10.2. The molecule has 0 nitrogen and oxygen atoms in total. The first-order valence-electron chi connectivity index (χ1n) is 3.37. The van der Waals surface area contributed by atoms with E-state index in [9.17, 15) is 0 Å². The van der Waals surface area contributed by atoms with Crippen LogP contribution in [0.15, 0.2) is 47.7 Å². The second-order valence-electron chi connectivity index (χ2n) is 2.03. The minimum absolute atomic E-state index is 1.16. The summed E-state index contributed by atoms with van der Waals surface area (Å²) >= 11 is 1.62. The molecule has 0 aliphatic heterocycles. The first-order valence-corrected chi connectivity index (χ1v) is 4.25. The summed E-state index contributed by atoms with van der Waals surface area (Å²) in [6, 6.07) is 8.12. The molecular weight excluding hydrogens is 152 g/mol. The predicted octanol–water partition coefficient (Wildman–Crippen LogP) is 3.57. The third kappa shape index (κ3) is 1.99. The molecule has 0 saturated carbocycles. The molecule has 0 bridgehead atoms. The van der Waals surface area contributed by atoms with Gasteiger partial charge in [0, 0.05) is 4.90 Å². The van der Waals surface area contributed by atoms with E-state index < -0.39 is 0 Å². The van der Waals surface area contributed by atoms with Crippen LogP contribution in [-0.2, 0) is 0 Å². The summed E-state index contributed by atoms with van der Waals surface area (Å²) in [5, 5.41) is 1.82. The van der Waals surface area contributed by atoms with E-state index in [-0.39, 0.29) is 0 Å². The third-order valence-corrected chi connectivity index (χ3v) is 2.14. The normalized spacial score (nSPS) is 9.09. The number of hydrogen-bond acceptors (Lipinski definition) is 1. The van der Waals surface area contributed by atoms with Gasteiger partial charge in [-0.2, -0.15) is 0 Å². The first-order chi connectivity index (χ1) is 5.38. The van der Waals surface area contributed by atoms with Crippen molar-refractivity contribution in [2.75, 3.05) is 0 Å². The summed E-state index contributed by atoms with van der Waals surface area (Å²) in [7, 11) is 0. The molecule has 0 amide bonds. The molecule has 0 aliphatic rings. The van der Waals surface area contributed by atoms with Crippen LogP contribution in [0.3, 0.4) is 0 Å². The highest BCUT2D eigenvalue weighted by atomic mass is 32.2. The molecule has 56 valence electrons. The molecule has 11 heavy (non-hydrogen) atoms. The minimum atomic E-state index is 1.16. The maximum absolute atomic E-state index is 3.73. The molecule has 0 heterocycles. The standard InChI is InChI=1S/C10H10S/c1-3-9-7-5-6-8-10(9)11-4-2/h3-8H,1-2H2. The molecule has 0 saturated heterocycles. The quantitative estimate of drug-likeness (QED) is 0.612. The summed E-state index contributed by atoms with van der Waals surface area (Å²) in [6.07, 6.45) is 1.85. The Balaban J connectivity index is 3.01. The molecule has 0 fully saturated rings. The second-order valence-corrected chi connectivity index (χ2v) is 3.04. The van der Waals surface area contributed by atoms with Gasteiger partial charge in [-0.3, -0.25) is 0 Å². The van der Waals surface area contributed by atoms with E-state index in [1.165, 1.54) is 4.90 Å². The van der Waals surface area contributed by atoms with Gasteiger partial charge < -0.3 is 0 Å². The fourth-order valence-electron chi connectivity index (χ4n) is 0.846. The van der Waals surface area contributed by atoms with Crippen LogP contribution in [-0.4, -0.2) is 0 Å². The average molecular weight is 162 g/mol. The monoisotopic (exact) mass is 162 g/mol. The Bertz CT molecular complexity index is 263. The van der Waals surface area contributed by atoms with Gasteiger partial charge >= 0.3 is 0 Å². The number of rotatable bonds is 3. The Morgan fingerprint density at radius 3 is 2.55 bits per heavy atom. The van der Waals surface area contributed by atoms with Crippen molar-refractivity contribution < 1.29 is 0 Å². The van der Waals surface area contributed by atoms with Crippen molar-refractivity contribution in [3.05, 3.63) is 48.4 Å². The first kappa shape index (κ1) is 8.15. The molecule has 1 aromatic rings. The molecule has 1 aromatic carbocycles. The number of hydrogen-bond donors (Lipinski definition) is 0. The highest BCUT2D eigenvalue weighted by Crippen LogP contribution is 2.23. The van der Waals surface area contributed by atoms with Gasteiger partial charge in [0.25, 0.3) is 0 Å². The summed E-state index contributed by atoms with van der Waals surface area (Å²) in [6.45, 7) is 7.39. The SMILES string of the molecule is C=CSc1ccccc1C=C. The van der Waals surface area contributed by atoms with Crippen LogP contribution in [0.2, 0.25) is 0 Å². The Morgan fingerprint density at radius 1 is 1.18 bits per heavy atom. The fourth-order valence-corrected chi connectivity index (χ4v) is 1.47. The van der Waals surface area contributed by atoms with E-state index in [4.69, 9.17) is 0 Å². The lowest BCUT2D eigenvalue weighted by molar-refractivity contribution is 1.43. The molecule has 0 aliphatic carbocycles. The van der Waals surface area contributed by atoms with Crippen LogP contribution in [0.5, 0.6) is 0 Å². The van der Waals surface area contributed by atoms with Gasteiger partial charge in [0.2, 0.25) is 0 Å². The molecular formula is C10H10S. The van der Waals surface area contributed by atoms with Crippen molar-refractivity contribution in [2.24, 2.45) is 0 Å². The molecule has 0 N–H and O–H groups in total. The highest BCUT2D eigenvalue weighted by molar-refractivity contribution is 8.02. The second kappa shape index (κ2) is 4.04. The molecule has 0 aromatic heterocycles. The van der Waals surface area contributed by atoms with E-state index in [1.54, 1.807) is 11.8 Å². The number of benzene rings is 1. The van der Waals surface area contributed by atoms with Crippen molar-refractivity contribution >= 4 is 17.8 Å². The van der Waals surface area contributed by atoms with Crippen LogP contribution >= 0.6 is 11.8 Å². The van der Waals surface area contributed by atoms with Crippen LogP contribution in [0.1, 0.15) is 5.56 Å². The van der Waals surface area contributed by atoms with Crippen LogP contribution in [0.25, 0.3) is 6.08 Å². The van der Waals surface area contributed by atoms with Gasteiger partial charge in [-0.15, -0.1) is 0 Å². The van der Waals surface area contributed by atoms with Gasteiger partial charge in [-0.1, -0.05) is 49.2 Å². The summed E-state index contributed by atoms with van der Waals surface area (Å²) in [5.74, 6) is 0. The van der Waals surface area contributed by atoms with E-state index in [0.717, 1.165) is 5.56 Å². The summed E-state index contributed by atoms with van der Waals surface area (Å²) in [5.41, 5.74) is 1.16. The third-order valence-electron chi connectivity index (χ3n) is 1.35. The summed E-state index contributed by atoms with van der Waals surface area (Å²) < 4.78 is 0. The van der Waals surface area contributed by atoms with Gasteiger partial charge in [0.1, 0.15) is 0 Å². The molecule has 1 rings (SSSR count). The Hall–Kier alpha value is -0.950. The molecule has 0 unspecified atom stereocenters. The Kier molecular flexibility index (Phi) is 2.99. The number of thioether (sulfide) groups is 1. The molecule has 1 heteroatoms. The largest absolute Gasteiger partial charge is 0.0984 e. The average Bonchev–Trinajstić information content (AvgIpc) is 2.06. The fraction of sp³-hybridized carbons (Fsp3) is 0. The zero-order valence-corrected chi connectivity index (χ0v) is 7.10. The minimum Gasteiger partial charge on any atom is -0.0984 e. The van der Waals surface area contributed by atoms with Crippen LogP contribution in [0, 0.1) is 0 Å². The Labute approximate surface area is 71.6 Å². The van der Waals surface area contributed by atoms with E-state index in [0.29, 0.717) is 0 Å². The lowest BCUT2D eigenvalue weighted by Crippen LogP contribution is -1.74. The van der Waals surface area contributed by atoms with Gasteiger partial charge in [0.05, 0.1) is 0 Å². The van der Waals surface area contributed by atoms with Crippen molar-refractivity contribution in [3.8, 4) is 0 Å². The molecule has 0 atom stereocenters. The van der Waals surface area contributed by atoms with E-state index >= 15 is 0 Å². The maximum Gasteiger partial charge on any atom is 0.0188 e. The van der Waals surface area contributed by atoms with Gasteiger partial charge in [-0.25, -0.2) is 0 Å². The smallest absolute Gasteiger partial charge is 0.0188 e. The van der Waals surface area contributed by atoms with Crippen LogP contribution < -0.4 is 0 Å². The van der Waals surface area contributed by atoms with Crippen LogP contribution in [0.4, 0.5) is 0 Å². The molecule has 0 radical (unpaired) electrons. The topological polar surface area (TPSA) is 0 Å². The van der Waals surface area contributed by atoms with E-state index in [1.807, 2.05) is 29.7 Å². The van der Waals surface area contributed by atoms with Crippen molar-refractivity contribution in [3.63, 3.8) is 0 Å². The predicted molar refractivity (Wildman–Crippen MR) is 52.6 cm³/mol. The zero-order chi connectivity index (χ0) is 8.10. The Morgan fingerprint density at radius 2 is 1.91 bits per heavy atom. The van der Waals surface area contributed by atoms with E-state index in [2.05, 4.69) is 19.2 Å².